The lowest BCUT2D eigenvalue weighted by Crippen LogP contribution is -2.13. The topological polar surface area (TPSA) is 270 Å². The Labute approximate surface area is 202 Å². The number of hydrogen-bond donors (Lipinski definition) is 7. The number of anilines is 7. The van der Waals surface area contributed by atoms with E-state index < -0.39 is 0 Å². The van der Waals surface area contributed by atoms with E-state index >= 15 is 0 Å². The van der Waals surface area contributed by atoms with E-state index in [0.717, 1.165) is 38.5 Å². The second-order valence-electron chi connectivity index (χ2n) is 7.75. The molecule has 0 bridgehead atoms. The average molecular weight is 485 g/mol. The lowest BCUT2D eigenvalue weighted by atomic mass is 10.2. The molecule has 0 atom stereocenters. The van der Waals surface area contributed by atoms with Crippen LogP contribution in [0.15, 0.2) is 0 Å². The summed E-state index contributed by atoms with van der Waals surface area (Å²) in [4.78, 5) is 36.5. The standard InChI is InChI=1S/C19H32N16/c20-13-27-11(28-14(21)31-13)7-3-1-5-9-25-18-33-17(24)34-19(35-18)26-10-6-2-4-8-12-29-15(22)32-16(23)30-12/h1-10H2,(H4,20,21,27,28,31)(H4,22,23,29,30,32)(H4,24,25,26,33,34,35). The van der Waals surface area contributed by atoms with E-state index in [0.29, 0.717) is 49.5 Å². The smallest absolute Gasteiger partial charge is 0.229 e. The fourth-order valence-electron chi connectivity index (χ4n) is 3.26. The predicted octanol–water partition coefficient (Wildman–Crippen LogP) is -0.198. The van der Waals surface area contributed by atoms with Crippen molar-refractivity contribution in [3.63, 3.8) is 0 Å². The van der Waals surface area contributed by atoms with Gasteiger partial charge >= 0.3 is 0 Å². The van der Waals surface area contributed by atoms with Gasteiger partial charge in [-0.15, -0.1) is 0 Å². The number of hydrogen-bond acceptors (Lipinski definition) is 16. The molecule has 0 aliphatic heterocycles. The molecule has 16 heteroatoms. The number of aromatic nitrogens is 9. The molecule has 0 aromatic carbocycles. The highest BCUT2D eigenvalue weighted by atomic mass is 15.2. The van der Waals surface area contributed by atoms with Gasteiger partial charge in [-0.05, 0) is 25.7 Å². The highest BCUT2D eigenvalue weighted by molar-refractivity contribution is 5.39. The summed E-state index contributed by atoms with van der Waals surface area (Å²) in [6.07, 6.45) is 6.87. The van der Waals surface area contributed by atoms with Crippen molar-refractivity contribution in [3.8, 4) is 0 Å². The van der Waals surface area contributed by atoms with Crippen molar-refractivity contribution in [2.75, 3.05) is 52.4 Å². The molecule has 0 fully saturated rings. The van der Waals surface area contributed by atoms with Crippen LogP contribution in [0.2, 0.25) is 0 Å². The van der Waals surface area contributed by atoms with Crippen molar-refractivity contribution in [2.45, 2.75) is 51.4 Å². The lowest BCUT2D eigenvalue weighted by Gasteiger charge is -2.09. The Bertz CT molecular complexity index is 968. The van der Waals surface area contributed by atoms with E-state index in [2.05, 4.69) is 55.5 Å². The third-order valence-corrected chi connectivity index (χ3v) is 4.81. The second kappa shape index (κ2) is 12.8. The highest BCUT2D eigenvalue weighted by Crippen LogP contribution is 2.10. The molecule has 16 nitrogen and oxygen atoms in total. The SMILES string of the molecule is Nc1nc(N)nc(CCCCCNc2nc(N)nc(NCCCCCc3nc(N)nc(N)n3)n2)n1. The summed E-state index contributed by atoms with van der Waals surface area (Å²) in [6.45, 7) is 1.38. The Kier molecular flexibility index (Phi) is 9.21. The fraction of sp³-hybridized carbons (Fsp3) is 0.526. The number of nitrogens with two attached hydrogens (primary N) is 5. The normalized spacial score (nSPS) is 10.9. The van der Waals surface area contributed by atoms with Crippen LogP contribution in [-0.2, 0) is 12.8 Å². The third-order valence-electron chi connectivity index (χ3n) is 4.81. The molecule has 3 heterocycles. The molecule has 0 saturated heterocycles. The van der Waals surface area contributed by atoms with E-state index in [1.54, 1.807) is 0 Å². The van der Waals surface area contributed by atoms with Crippen LogP contribution in [0.1, 0.15) is 50.2 Å². The summed E-state index contributed by atoms with van der Waals surface area (Å²) >= 11 is 0. The maximum atomic E-state index is 5.82. The molecule has 188 valence electrons. The third kappa shape index (κ3) is 9.18. The molecule has 0 aliphatic rings. The molecule has 3 aromatic heterocycles. The molecule has 35 heavy (non-hydrogen) atoms. The van der Waals surface area contributed by atoms with Crippen molar-refractivity contribution in [1.82, 2.24) is 44.9 Å². The molecule has 0 saturated carbocycles. The first-order chi connectivity index (χ1) is 16.9. The summed E-state index contributed by atoms with van der Waals surface area (Å²) in [5.74, 6) is 2.78. The summed E-state index contributed by atoms with van der Waals surface area (Å²) in [6, 6.07) is 0. The first-order valence-electron chi connectivity index (χ1n) is 11.4. The van der Waals surface area contributed by atoms with E-state index in [1.165, 1.54) is 0 Å². The van der Waals surface area contributed by atoms with Gasteiger partial charge in [-0.3, -0.25) is 0 Å². The van der Waals surface area contributed by atoms with Crippen LogP contribution >= 0.6 is 0 Å². The van der Waals surface area contributed by atoms with Crippen LogP contribution in [0.5, 0.6) is 0 Å². The van der Waals surface area contributed by atoms with Gasteiger partial charge in [-0.25, -0.2) is 0 Å². The van der Waals surface area contributed by atoms with Gasteiger partial charge in [-0.1, -0.05) is 12.8 Å². The van der Waals surface area contributed by atoms with Crippen LogP contribution in [0.3, 0.4) is 0 Å². The molecule has 0 unspecified atom stereocenters. The Morgan fingerprint density at radius 2 is 0.771 bits per heavy atom. The zero-order valence-corrected chi connectivity index (χ0v) is 19.5. The van der Waals surface area contributed by atoms with Gasteiger partial charge in [0, 0.05) is 25.9 Å². The number of nitrogens with one attached hydrogen (secondary N) is 2. The van der Waals surface area contributed by atoms with Gasteiger partial charge in [0.1, 0.15) is 11.6 Å². The van der Waals surface area contributed by atoms with Gasteiger partial charge in [0.25, 0.3) is 0 Å². The minimum absolute atomic E-state index is 0.141. The van der Waals surface area contributed by atoms with Gasteiger partial charge < -0.3 is 39.3 Å². The molecule has 3 rings (SSSR count). The maximum Gasteiger partial charge on any atom is 0.229 e. The van der Waals surface area contributed by atoms with Crippen LogP contribution in [0.4, 0.5) is 41.6 Å². The zero-order valence-electron chi connectivity index (χ0n) is 19.5. The van der Waals surface area contributed by atoms with Gasteiger partial charge in [-0.2, -0.15) is 44.9 Å². The van der Waals surface area contributed by atoms with Crippen LogP contribution < -0.4 is 39.3 Å². The number of aryl methyl sites for hydroxylation is 2. The molecule has 0 spiro atoms. The van der Waals surface area contributed by atoms with Crippen molar-refractivity contribution in [3.05, 3.63) is 11.6 Å². The number of nitrogens with zero attached hydrogens (tertiary/aromatic N) is 9. The van der Waals surface area contributed by atoms with Crippen molar-refractivity contribution in [2.24, 2.45) is 0 Å². The predicted molar refractivity (Wildman–Crippen MR) is 134 cm³/mol. The molecular formula is C19H32N16. The number of unbranched alkanes of at least 4 members (excludes halogenated alkanes) is 4. The summed E-state index contributed by atoms with van der Waals surface area (Å²) in [7, 11) is 0. The average Bonchev–Trinajstić information content (AvgIpc) is 2.77. The van der Waals surface area contributed by atoms with Crippen LogP contribution in [0.25, 0.3) is 0 Å². The molecule has 0 radical (unpaired) electrons. The van der Waals surface area contributed by atoms with E-state index in [4.69, 9.17) is 28.7 Å². The molecule has 3 aromatic rings. The van der Waals surface area contributed by atoms with E-state index in [9.17, 15) is 0 Å². The first kappa shape index (κ1) is 25.3. The quantitative estimate of drug-likeness (QED) is 0.146. The lowest BCUT2D eigenvalue weighted by molar-refractivity contribution is 0.674. The molecular weight excluding hydrogens is 452 g/mol. The van der Waals surface area contributed by atoms with E-state index in [-0.39, 0.29) is 29.7 Å². The van der Waals surface area contributed by atoms with Crippen molar-refractivity contribution >= 4 is 41.6 Å². The maximum absolute atomic E-state index is 5.82. The Morgan fingerprint density at radius 1 is 0.400 bits per heavy atom. The Hall–Kier alpha value is -4.37. The summed E-state index contributed by atoms with van der Waals surface area (Å²) in [5.41, 5.74) is 28.1. The van der Waals surface area contributed by atoms with Gasteiger partial charge in [0.2, 0.25) is 41.6 Å². The molecule has 0 aliphatic carbocycles. The molecule has 12 N–H and O–H groups in total. The minimum atomic E-state index is 0.141. The van der Waals surface area contributed by atoms with Gasteiger partial charge in [0.05, 0.1) is 0 Å². The first-order valence-corrected chi connectivity index (χ1v) is 11.4. The Morgan fingerprint density at radius 3 is 1.17 bits per heavy atom. The van der Waals surface area contributed by atoms with Crippen LogP contribution in [-0.4, -0.2) is 57.9 Å². The largest absolute Gasteiger partial charge is 0.368 e. The second-order valence-corrected chi connectivity index (χ2v) is 7.75. The summed E-state index contributed by atoms with van der Waals surface area (Å²) < 4.78 is 0. The van der Waals surface area contributed by atoms with E-state index in [1.807, 2.05) is 0 Å². The highest BCUT2D eigenvalue weighted by Gasteiger charge is 2.06. The number of nitrogen functional groups attached to an aromatic ring is 5. The fourth-order valence-corrected chi connectivity index (χ4v) is 3.26. The monoisotopic (exact) mass is 484 g/mol. The van der Waals surface area contributed by atoms with Crippen LogP contribution in [0, 0.1) is 0 Å². The zero-order chi connectivity index (χ0) is 25.0. The van der Waals surface area contributed by atoms with Crippen molar-refractivity contribution in [1.29, 1.82) is 0 Å². The molecule has 0 amide bonds. The number of rotatable bonds is 14. The minimum Gasteiger partial charge on any atom is -0.368 e. The van der Waals surface area contributed by atoms with Gasteiger partial charge in [0.15, 0.2) is 0 Å². The van der Waals surface area contributed by atoms with Crippen molar-refractivity contribution < 1.29 is 0 Å². The summed E-state index contributed by atoms with van der Waals surface area (Å²) in [5, 5.41) is 6.36. The Balaban J connectivity index is 1.30.